The summed E-state index contributed by atoms with van der Waals surface area (Å²) in [7, 11) is 0. The zero-order chi connectivity index (χ0) is 32.0. The number of hydrogen-bond donors (Lipinski definition) is 0. The Morgan fingerprint density at radius 1 is 0.727 bits per heavy atom. The van der Waals surface area contributed by atoms with Crippen LogP contribution in [0.2, 0.25) is 0 Å². The van der Waals surface area contributed by atoms with Crippen LogP contribution in [-0.2, 0) is 18.7 Å². The first kappa shape index (κ1) is 32.0. The second-order valence-electron chi connectivity index (χ2n) is 11.5. The molecule has 2 aliphatic rings. The molecule has 0 aromatic heterocycles. The summed E-state index contributed by atoms with van der Waals surface area (Å²) >= 11 is 0. The molecule has 1 atom stereocenters. The van der Waals surface area contributed by atoms with Crippen LogP contribution in [0.4, 0.5) is 43.9 Å². The van der Waals surface area contributed by atoms with Crippen LogP contribution in [0.3, 0.4) is 0 Å². The largest absolute Gasteiger partial charge is 0.493 e. The minimum absolute atomic E-state index is 0.186. The van der Waals surface area contributed by atoms with E-state index in [4.69, 9.17) is 4.74 Å². The molecule has 44 heavy (non-hydrogen) atoms. The van der Waals surface area contributed by atoms with Crippen LogP contribution in [0.25, 0.3) is 11.1 Å². The van der Waals surface area contributed by atoms with Crippen LogP contribution in [0.15, 0.2) is 36.4 Å². The van der Waals surface area contributed by atoms with Crippen LogP contribution in [0.5, 0.6) is 11.5 Å². The molecule has 0 amide bonds. The Bertz CT molecular complexity index is 1480. The van der Waals surface area contributed by atoms with Gasteiger partial charge in [0.25, 0.3) is 0 Å². The lowest BCUT2D eigenvalue weighted by Gasteiger charge is -2.36. The van der Waals surface area contributed by atoms with Crippen molar-refractivity contribution in [3.63, 3.8) is 0 Å². The number of hydrogen-bond acceptors (Lipinski definition) is 2. The van der Waals surface area contributed by atoms with Crippen LogP contribution >= 0.6 is 0 Å². The summed E-state index contributed by atoms with van der Waals surface area (Å²) in [4.78, 5) is 0. The molecule has 0 spiro atoms. The SMILES string of the molecule is CCCC1CCC([C@@H]2COc3cc(-c4cc(F)c(C(F)(F)Oc5cc(F)c(C(F)(F)F)c(F)c5)c(F)c4)c(F)cc3C2)CC1. The molecule has 1 heterocycles. The van der Waals surface area contributed by atoms with Gasteiger partial charge in [0.05, 0.1) is 6.61 Å². The summed E-state index contributed by atoms with van der Waals surface area (Å²) in [6.45, 7) is 2.55. The first-order valence-corrected chi connectivity index (χ1v) is 14.3. The average molecular weight is 635 g/mol. The van der Waals surface area contributed by atoms with Crippen molar-refractivity contribution < 1.29 is 53.4 Å². The van der Waals surface area contributed by atoms with E-state index in [1.807, 2.05) is 0 Å². The number of ether oxygens (including phenoxy) is 2. The molecule has 5 rings (SSSR count). The Balaban J connectivity index is 1.36. The molecule has 3 aromatic carbocycles. The highest BCUT2D eigenvalue weighted by molar-refractivity contribution is 5.68. The molecule has 0 N–H and O–H groups in total. The fourth-order valence-corrected chi connectivity index (χ4v) is 6.39. The topological polar surface area (TPSA) is 18.5 Å². The van der Waals surface area contributed by atoms with Crippen LogP contribution in [-0.4, -0.2) is 6.61 Å². The van der Waals surface area contributed by atoms with Gasteiger partial charge in [-0.05, 0) is 72.4 Å². The zero-order valence-electron chi connectivity index (χ0n) is 23.4. The minimum atomic E-state index is -5.48. The Hall–Kier alpha value is -3.44. The summed E-state index contributed by atoms with van der Waals surface area (Å²) in [5, 5.41) is 0. The van der Waals surface area contributed by atoms with Gasteiger partial charge in [0.1, 0.15) is 51.7 Å². The summed E-state index contributed by atoms with van der Waals surface area (Å²) < 4.78 is 151. The van der Waals surface area contributed by atoms with Crippen LogP contribution < -0.4 is 9.47 Å². The number of alkyl halides is 5. The van der Waals surface area contributed by atoms with E-state index >= 15 is 4.39 Å². The number of rotatable bonds is 7. The second-order valence-corrected chi connectivity index (χ2v) is 11.5. The van der Waals surface area contributed by atoms with Gasteiger partial charge >= 0.3 is 12.3 Å². The molecule has 0 saturated heterocycles. The fourth-order valence-electron chi connectivity index (χ4n) is 6.39. The Morgan fingerprint density at radius 3 is 1.89 bits per heavy atom. The Morgan fingerprint density at radius 2 is 1.32 bits per heavy atom. The highest BCUT2D eigenvalue weighted by Gasteiger charge is 2.43. The summed E-state index contributed by atoms with van der Waals surface area (Å²) in [6.07, 6.45) is -3.07. The lowest BCUT2D eigenvalue weighted by Crippen LogP contribution is -2.31. The van der Waals surface area contributed by atoms with E-state index in [9.17, 15) is 39.5 Å². The van der Waals surface area contributed by atoms with Gasteiger partial charge < -0.3 is 9.47 Å². The molecule has 0 radical (unpaired) electrons. The monoisotopic (exact) mass is 634 g/mol. The van der Waals surface area contributed by atoms with E-state index in [1.54, 1.807) is 0 Å². The van der Waals surface area contributed by atoms with Gasteiger partial charge in [-0.3, -0.25) is 0 Å². The third kappa shape index (κ3) is 6.49. The molecule has 238 valence electrons. The highest BCUT2D eigenvalue weighted by Crippen LogP contribution is 2.43. The average Bonchev–Trinajstić information content (AvgIpc) is 2.91. The maximum Gasteiger partial charge on any atom is 0.432 e. The van der Waals surface area contributed by atoms with Gasteiger partial charge in [-0.15, -0.1) is 0 Å². The molecular weight excluding hydrogens is 606 g/mol. The maximum atomic E-state index is 15.2. The van der Waals surface area contributed by atoms with Crippen molar-refractivity contribution in [3.8, 4) is 22.6 Å². The summed E-state index contributed by atoms with van der Waals surface area (Å²) in [5.74, 6) is -8.97. The van der Waals surface area contributed by atoms with Gasteiger partial charge in [0.2, 0.25) is 0 Å². The van der Waals surface area contributed by atoms with E-state index in [0.717, 1.165) is 38.0 Å². The van der Waals surface area contributed by atoms with E-state index in [1.165, 1.54) is 18.6 Å². The van der Waals surface area contributed by atoms with Gasteiger partial charge in [0.15, 0.2) is 0 Å². The van der Waals surface area contributed by atoms with Gasteiger partial charge in [-0.2, -0.15) is 22.0 Å². The molecule has 0 unspecified atom stereocenters. The fraction of sp³-hybridized carbons (Fsp3) is 0.438. The lowest BCUT2D eigenvalue weighted by atomic mass is 9.72. The van der Waals surface area contributed by atoms with E-state index < -0.39 is 63.8 Å². The lowest BCUT2D eigenvalue weighted by molar-refractivity contribution is -0.189. The van der Waals surface area contributed by atoms with E-state index in [-0.39, 0.29) is 23.6 Å². The van der Waals surface area contributed by atoms with Crippen molar-refractivity contribution in [2.24, 2.45) is 17.8 Å². The van der Waals surface area contributed by atoms with E-state index in [2.05, 4.69) is 11.7 Å². The molecule has 1 aliphatic heterocycles. The number of halogens is 10. The summed E-state index contributed by atoms with van der Waals surface area (Å²) in [6, 6.07) is 2.93. The predicted octanol–water partition coefficient (Wildman–Crippen LogP) is 10.4. The molecular formula is C32H28F10O2. The van der Waals surface area contributed by atoms with Crippen LogP contribution in [0, 0.1) is 46.8 Å². The maximum absolute atomic E-state index is 15.2. The standard InChI is InChI=1S/C32H28F10O2/c1-2-3-16-4-6-17(7-5-16)20-8-19-11-23(33)22(14-28(19)43-15-20)18-9-24(34)30(25(35)10-18)32(41,42)44-21-12-26(36)29(27(37)13-21)31(38,39)40/h9-14,16-17,20H,2-8,15H2,1H3/t16?,17?,20-/m0/s1. The first-order chi connectivity index (χ1) is 20.7. The van der Waals surface area contributed by atoms with E-state index in [0.29, 0.717) is 42.4 Å². The molecule has 3 aromatic rings. The van der Waals surface area contributed by atoms with Crippen molar-refractivity contribution in [1.82, 2.24) is 0 Å². The number of benzene rings is 3. The van der Waals surface area contributed by atoms with Gasteiger partial charge in [-0.1, -0.05) is 32.6 Å². The van der Waals surface area contributed by atoms with Crippen molar-refractivity contribution in [2.75, 3.05) is 6.61 Å². The predicted molar refractivity (Wildman–Crippen MR) is 141 cm³/mol. The highest BCUT2D eigenvalue weighted by atomic mass is 19.4. The van der Waals surface area contributed by atoms with Crippen molar-refractivity contribution in [2.45, 2.75) is 64.2 Å². The second kappa shape index (κ2) is 12.2. The first-order valence-electron chi connectivity index (χ1n) is 14.3. The zero-order valence-corrected chi connectivity index (χ0v) is 23.4. The van der Waals surface area contributed by atoms with Crippen LogP contribution in [0.1, 0.15) is 62.1 Å². The van der Waals surface area contributed by atoms with Crippen molar-refractivity contribution in [3.05, 3.63) is 82.2 Å². The third-order valence-corrected chi connectivity index (χ3v) is 8.53. The molecule has 2 nitrogen and oxygen atoms in total. The number of fused-ring (bicyclic) bond motifs is 1. The molecule has 1 saturated carbocycles. The quantitative estimate of drug-likeness (QED) is 0.241. The molecule has 12 heteroatoms. The molecule has 0 bridgehead atoms. The van der Waals surface area contributed by atoms with Gasteiger partial charge in [0, 0.05) is 17.7 Å². The summed E-state index contributed by atoms with van der Waals surface area (Å²) in [5.41, 5.74) is -4.51. The molecule has 1 fully saturated rings. The molecule has 1 aliphatic carbocycles. The Labute approximate surface area is 247 Å². The minimum Gasteiger partial charge on any atom is -0.493 e. The Kier molecular flexibility index (Phi) is 8.83. The van der Waals surface area contributed by atoms with Crippen molar-refractivity contribution >= 4 is 0 Å². The third-order valence-electron chi connectivity index (χ3n) is 8.53. The normalized spacial score (nSPS) is 20.7. The smallest absolute Gasteiger partial charge is 0.432 e. The van der Waals surface area contributed by atoms with Crippen molar-refractivity contribution in [1.29, 1.82) is 0 Å². The van der Waals surface area contributed by atoms with Gasteiger partial charge in [-0.25, -0.2) is 22.0 Å².